The molecule has 2 saturated heterocycles. The first kappa shape index (κ1) is 36.2. The van der Waals surface area contributed by atoms with Crippen LogP contribution in [-0.2, 0) is 40.8 Å². The second-order valence-electron chi connectivity index (χ2n) is 14.1. The van der Waals surface area contributed by atoms with Crippen LogP contribution < -0.4 is 0 Å². The number of nitrogens with zero attached hydrogens (tertiary/aromatic N) is 6. The molecule has 0 unspecified atom stereocenters. The third-order valence-corrected chi connectivity index (χ3v) is 10.2. The molecule has 12 heteroatoms. The average molecular weight is 729 g/mol. The zero-order valence-corrected chi connectivity index (χ0v) is 30.7. The van der Waals surface area contributed by atoms with Crippen molar-refractivity contribution in [2.45, 2.75) is 38.0 Å². The van der Waals surface area contributed by atoms with Gasteiger partial charge in [0.2, 0.25) is 17.7 Å². The van der Waals surface area contributed by atoms with Crippen LogP contribution in [0.5, 0.6) is 5.75 Å². The van der Waals surface area contributed by atoms with Crippen LogP contribution in [0.3, 0.4) is 0 Å². The Balaban J connectivity index is 1.25. The van der Waals surface area contributed by atoms with E-state index in [4.69, 9.17) is 4.42 Å². The number of hydrazine groups is 1. The number of hydrogen-bond donors (Lipinski definition) is 1. The Morgan fingerprint density at radius 1 is 0.963 bits per heavy atom. The highest BCUT2D eigenvalue weighted by Gasteiger charge is 2.51. The van der Waals surface area contributed by atoms with Gasteiger partial charge >= 0.3 is 0 Å². The summed E-state index contributed by atoms with van der Waals surface area (Å²) in [6.45, 7) is 4.42. The third-order valence-electron chi connectivity index (χ3n) is 10.2. The lowest BCUT2D eigenvalue weighted by Gasteiger charge is -2.55. The van der Waals surface area contributed by atoms with Crippen LogP contribution in [0.15, 0.2) is 108 Å². The predicted molar refractivity (Wildman–Crippen MR) is 204 cm³/mol. The molecule has 7 rings (SSSR count). The smallest absolute Gasteiger partial charge is 0.289 e. The molecule has 4 amide bonds. The zero-order valence-electron chi connectivity index (χ0n) is 30.7. The van der Waals surface area contributed by atoms with Gasteiger partial charge in [-0.1, -0.05) is 66.7 Å². The zero-order chi connectivity index (χ0) is 38.1. The van der Waals surface area contributed by atoms with Gasteiger partial charge in [-0.3, -0.25) is 19.2 Å². The second kappa shape index (κ2) is 15.1. The van der Waals surface area contributed by atoms with E-state index in [2.05, 4.69) is 6.58 Å². The summed E-state index contributed by atoms with van der Waals surface area (Å²) in [6, 6.07) is 24.9. The number of phenols is 1. The maximum absolute atomic E-state index is 14.7. The van der Waals surface area contributed by atoms with Gasteiger partial charge in [0.05, 0.1) is 18.6 Å². The van der Waals surface area contributed by atoms with E-state index in [9.17, 15) is 24.3 Å². The number of para-hydroxylation sites is 1. The molecule has 0 spiro atoms. The summed E-state index contributed by atoms with van der Waals surface area (Å²) in [6.07, 6.45) is 3.81. The van der Waals surface area contributed by atoms with E-state index < -0.39 is 12.2 Å². The standard InChI is InChI=1S/C42H44N6O6/c1-5-22-46-27-39(51)47-34(23-29-14-17-31(49)18-15-29)41(52)45(26-37(47)48(46)38(50)21-16-28-10-7-6-8-11-28)24-30-12-9-13-32-33(25-44(4)40(30)32)35-19-20-36(54-35)42(53)43(2)3/h5-15,17-20,25,34,37,49H,1,16,21-24,26-27H2,2-4H3/t34-,37-/m0/s1. The molecule has 54 heavy (non-hydrogen) atoms. The van der Waals surface area contributed by atoms with Gasteiger partial charge in [-0.25, -0.2) is 10.0 Å². The van der Waals surface area contributed by atoms with E-state index in [1.807, 2.05) is 66.3 Å². The lowest BCUT2D eigenvalue weighted by molar-refractivity contribution is -0.205. The van der Waals surface area contributed by atoms with Gasteiger partial charge in [0.1, 0.15) is 23.7 Å². The number of phenolic OH excluding ortho intramolecular Hbond substituents is 1. The Kier molecular flexibility index (Phi) is 10.1. The number of fused-ring (bicyclic) bond motifs is 2. The van der Waals surface area contributed by atoms with E-state index in [-0.39, 0.29) is 74.2 Å². The minimum atomic E-state index is -0.893. The van der Waals surface area contributed by atoms with E-state index in [1.165, 1.54) is 4.90 Å². The second-order valence-corrected chi connectivity index (χ2v) is 14.1. The predicted octanol–water partition coefficient (Wildman–Crippen LogP) is 4.83. The summed E-state index contributed by atoms with van der Waals surface area (Å²) in [7, 11) is 5.27. The van der Waals surface area contributed by atoms with Crippen LogP contribution in [0.2, 0.25) is 0 Å². The molecule has 2 aliphatic rings. The lowest BCUT2D eigenvalue weighted by Crippen LogP contribution is -2.75. The van der Waals surface area contributed by atoms with Crippen LogP contribution in [0.25, 0.3) is 22.2 Å². The van der Waals surface area contributed by atoms with Crippen molar-refractivity contribution in [3.05, 3.63) is 126 Å². The summed E-state index contributed by atoms with van der Waals surface area (Å²) in [5, 5.41) is 14.3. The quantitative estimate of drug-likeness (QED) is 0.194. The van der Waals surface area contributed by atoms with Crippen LogP contribution in [0.1, 0.15) is 33.7 Å². The molecule has 1 N–H and O–H groups in total. The Labute approximate surface area is 314 Å². The van der Waals surface area contributed by atoms with Crippen LogP contribution >= 0.6 is 0 Å². The van der Waals surface area contributed by atoms with Crippen molar-refractivity contribution in [1.29, 1.82) is 0 Å². The number of carbonyl (C=O) groups is 4. The Morgan fingerprint density at radius 3 is 2.44 bits per heavy atom. The van der Waals surface area contributed by atoms with Gasteiger partial charge in [-0.05, 0) is 47.4 Å². The molecule has 2 atom stereocenters. The van der Waals surface area contributed by atoms with Crippen molar-refractivity contribution in [3.63, 3.8) is 0 Å². The highest BCUT2D eigenvalue weighted by molar-refractivity contribution is 5.98. The van der Waals surface area contributed by atoms with Gasteiger partial charge in [-0.15, -0.1) is 6.58 Å². The number of amides is 4. The van der Waals surface area contributed by atoms with Gasteiger partial charge < -0.3 is 28.8 Å². The van der Waals surface area contributed by atoms with E-state index in [0.717, 1.165) is 33.2 Å². The summed E-state index contributed by atoms with van der Waals surface area (Å²) in [5.41, 5.74) is 4.37. The third kappa shape index (κ3) is 7.00. The van der Waals surface area contributed by atoms with E-state index in [0.29, 0.717) is 12.2 Å². The molecule has 12 nitrogen and oxygen atoms in total. The number of rotatable bonds is 11. The molecule has 0 radical (unpaired) electrons. The molecule has 3 aromatic carbocycles. The average Bonchev–Trinajstić information content (AvgIpc) is 3.78. The summed E-state index contributed by atoms with van der Waals surface area (Å²) in [4.78, 5) is 60.3. The summed E-state index contributed by atoms with van der Waals surface area (Å²) >= 11 is 0. The number of furan rings is 1. The molecule has 2 aromatic heterocycles. The first-order valence-corrected chi connectivity index (χ1v) is 18.0. The van der Waals surface area contributed by atoms with Crippen LogP contribution in [0, 0.1) is 0 Å². The number of benzene rings is 3. The van der Waals surface area contributed by atoms with Crippen molar-refractivity contribution < 1.29 is 28.7 Å². The fraction of sp³-hybridized carbons (Fsp3) is 0.286. The molecule has 5 aromatic rings. The SMILES string of the molecule is C=CCN1CC(=O)N2[C@@H](Cc3ccc(O)cc3)C(=O)N(Cc3cccc4c(-c5ccc(C(=O)N(C)C)o5)cn(C)c34)C[C@@H]2N1C(=O)CCc1ccccc1. The summed E-state index contributed by atoms with van der Waals surface area (Å²) in [5.74, 6) is 0.0256. The minimum Gasteiger partial charge on any atom is -0.508 e. The van der Waals surface area contributed by atoms with E-state index >= 15 is 0 Å². The van der Waals surface area contributed by atoms with Crippen molar-refractivity contribution in [2.75, 3.05) is 33.7 Å². The van der Waals surface area contributed by atoms with E-state index in [1.54, 1.807) is 76.4 Å². The lowest BCUT2D eigenvalue weighted by atomic mass is 9.97. The number of carbonyl (C=O) groups excluding carboxylic acids is 4. The van der Waals surface area contributed by atoms with Gasteiger partial charge in [0.15, 0.2) is 5.76 Å². The number of aromatic hydroxyl groups is 1. The number of aryl methyl sites for hydroxylation is 2. The largest absolute Gasteiger partial charge is 0.508 e. The molecular weight excluding hydrogens is 684 g/mol. The minimum absolute atomic E-state index is 0.0704. The van der Waals surface area contributed by atoms with Crippen molar-refractivity contribution >= 4 is 34.5 Å². The fourth-order valence-corrected chi connectivity index (χ4v) is 7.67. The molecule has 2 fully saturated rings. The number of aromatic nitrogens is 1. The van der Waals surface area contributed by atoms with Crippen molar-refractivity contribution in [1.82, 2.24) is 29.3 Å². The van der Waals surface area contributed by atoms with Gasteiger partial charge in [-0.2, -0.15) is 0 Å². The highest BCUT2D eigenvalue weighted by Crippen LogP contribution is 2.35. The van der Waals surface area contributed by atoms with Crippen molar-refractivity contribution in [2.24, 2.45) is 7.05 Å². The number of hydrogen-bond acceptors (Lipinski definition) is 7. The first-order chi connectivity index (χ1) is 26.0. The summed E-state index contributed by atoms with van der Waals surface area (Å²) < 4.78 is 8.00. The Morgan fingerprint density at radius 2 is 1.72 bits per heavy atom. The molecule has 2 aliphatic heterocycles. The molecule has 4 heterocycles. The molecule has 278 valence electrons. The normalized spacial score (nSPS) is 17.6. The van der Waals surface area contributed by atoms with Crippen molar-refractivity contribution in [3.8, 4) is 17.1 Å². The molecule has 0 bridgehead atoms. The molecular formula is C42H44N6O6. The number of piperazine rings is 1. The fourth-order valence-electron chi connectivity index (χ4n) is 7.67. The van der Waals surface area contributed by atoms with Crippen LogP contribution in [-0.4, -0.2) is 104 Å². The maximum atomic E-state index is 14.7. The first-order valence-electron chi connectivity index (χ1n) is 18.0. The Hall–Kier alpha value is -6.14. The topological polar surface area (TPSA) is 123 Å². The highest BCUT2D eigenvalue weighted by atomic mass is 16.4. The molecule has 0 aliphatic carbocycles. The monoisotopic (exact) mass is 728 g/mol. The Bertz CT molecular complexity index is 2210. The maximum Gasteiger partial charge on any atom is 0.289 e. The molecule has 0 saturated carbocycles. The van der Waals surface area contributed by atoms with Crippen LogP contribution in [0.4, 0.5) is 0 Å². The van der Waals surface area contributed by atoms with Gasteiger partial charge in [0.25, 0.3) is 5.91 Å². The van der Waals surface area contributed by atoms with Gasteiger partial charge in [0, 0.05) is 64.2 Å².